The van der Waals surface area contributed by atoms with E-state index in [1.54, 1.807) is 6.07 Å². The molecule has 3 nitrogen and oxygen atoms in total. The fraction of sp³-hybridized carbons (Fsp3) is 0.500. The summed E-state index contributed by atoms with van der Waals surface area (Å²) in [4.78, 5) is 0. The third-order valence-electron chi connectivity index (χ3n) is 3.03. The first kappa shape index (κ1) is 11.4. The Kier molecular flexibility index (Phi) is 3.12. The van der Waals surface area contributed by atoms with Crippen LogP contribution in [0.15, 0.2) is 18.2 Å². The van der Waals surface area contributed by atoms with Gasteiger partial charge in [-0.25, -0.2) is 4.39 Å². The van der Waals surface area contributed by atoms with Crippen LogP contribution in [0.1, 0.15) is 24.4 Å². The van der Waals surface area contributed by atoms with Crippen molar-refractivity contribution in [2.24, 2.45) is 11.7 Å². The van der Waals surface area contributed by atoms with Gasteiger partial charge in [0.15, 0.2) is 0 Å². The lowest BCUT2D eigenvalue weighted by atomic mass is 9.98. The molecule has 0 unspecified atom stereocenters. The molecular weight excluding hydrogens is 209 g/mol. The monoisotopic (exact) mass is 225 g/mol. The lowest BCUT2D eigenvalue weighted by molar-refractivity contribution is 0.121. The Morgan fingerprint density at radius 2 is 2.19 bits per heavy atom. The van der Waals surface area contributed by atoms with Gasteiger partial charge in [0.2, 0.25) is 0 Å². The molecule has 4 heteroatoms. The van der Waals surface area contributed by atoms with Crippen LogP contribution in [0.25, 0.3) is 0 Å². The lowest BCUT2D eigenvalue weighted by Gasteiger charge is -2.20. The molecular formula is C12H16FNO2. The van der Waals surface area contributed by atoms with Crippen molar-refractivity contribution in [3.8, 4) is 5.75 Å². The van der Waals surface area contributed by atoms with Gasteiger partial charge in [-0.05, 0) is 24.8 Å². The molecule has 0 saturated heterocycles. The van der Waals surface area contributed by atoms with E-state index in [1.807, 2.05) is 0 Å². The minimum atomic E-state index is -0.570. The number of aliphatic hydroxyl groups excluding tert-OH is 1. The molecule has 3 N–H and O–H groups in total. The number of benzene rings is 1. The van der Waals surface area contributed by atoms with Crippen molar-refractivity contribution >= 4 is 0 Å². The van der Waals surface area contributed by atoms with Crippen molar-refractivity contribution in [2.75, 3.05) is 7.11 Å². The standard InChI is InChI=1S/C12H16FNO2/c1-16-10-6-8(13)4-5-9(10)11(14)12(15)7-2-3-7/h4-7,11-12,15H,2-3,14H2,1H3/t11-,12+/m1/s1. The zero-order valence-electron chi connectivity index (χ0n) is 9.19. The average molecular weight is 225 g/mol. The summed E-state index contributed by atoms with van der Waals surface area (Å²) in [5, 5.41) is 9.93. The van der Waals surface area contributed by atoms with Gasteiger partial charge in [0, 0.05) is 11.6 Å². The Morgan fingerprint density at radius 1 is 1.50 bits per heavy atom. The molecule has 88 valence electrons. The molecule has 0 bridgehead atoms. The first-order chi connectivity index (χ1) is 7.63. The maximum atomic E-state index is 13.0. The Bertz CT molecular complexity index is 379. The van der Waals surface area contributed by atoms with Crippen LogP contribution in [-0.2, 0) is 0 Å². The molecule has 2 atom stereocenters. The Labute approximate surface area is 94.0 Å². The van der Waals surface area contributed by atoms with Crippen LogP contribution in [0.2, 0.25) is 0 Å². The third-order valence-corrected chi connectivity index (χ3v) is 3.03. The second kappa shape index (κ2) is 4.39. The number of aliphatic hydroxyl groups is 1. The smallest absolute Gasteiger partial charge is 0.126 e. The molecule has 1 saturated carbocycles. The summed E-state index contributed by atoms with van der Waals surface area (Å²) in [6.07, 6.45) is 1.45. The maximum Gasteiger partial charge on any atom is 0.126 e. The lowest BCUT2D eigenvalue weighted by Crippen LogP contribution is -2.28. The molecule has 0 aromatic heterocycles. The summed E-state index contributed by atoms with van der Waals surface area (Å²) in [5.41, 5.74) is 6.61. The van der Waals surface area contributed by atoms with Crippen LogP contribution in [0.3, 0.4) is 0 Å². The van der Waals surface area contributed by atoms with Crippen molar-refractivity contribution in [2.45, 2.75) is 25.0 Å². The zero-order valence-corrected chi connectivity index (χ0v) is 9.19. The van der Waals surface area contributed by atoms with Crippen molar-refractivity contribution in [3.63, 3.8) is 0 Å². The maximum absolute atomic E-state index is 13.0. The number of nitrogens with two attached hydrogens (primary N) is 1. The largest absolute Gasteiger partial charge is 0.496 e. The Balaban J connectivity index is 2.23. The van der Waals surface area contributed by atoms with E-state index in [0.717, 1.165) is 12.8 Å². The van der Waals surface area contributed by atoms with E-state index < -0.39 is 12.1 Å². The van der Waals surface area contributed by atoms with E-state index in [-0.39, 0.29) is 11.7 Å². The number of ether oxygens (including phenoxy) is 1. The van der Waals surface area contributed by atoms with Gasteiger partial charge in [0.25, 0.3) is 0 Å². The summed E-state index contributed by atoms with van der Waals surface area (Å²) in [6, 6.07) is 3.68. The Hall–Kier alpha value is -1.13. The van der Waals surface area contributed by atoms with Crippen LogP contribution in [0.5, 0.6) is 5.75 Å². The molecule has 1 aliphatic rings. The molecule has 1 fully saturated rings. The van der Waals surface area contributed by atoms with Crippen LogP contribution in [0, 0.1) is 11.7 Å². The topological polar surface area (TPSA) is 55.5 Å². The van der Waals surface area contributed by atoms with E-state index in [2.05, 4.69) is 0 Å². The second-order valence-corrected chi connectivity index (χ2v) is 4.24. The highest BCUT2D eigenvalue weighted by Crippen LogP contribution is 2.39. The highest BCUT2D eigenvalue weighted by atomic mass is 19.1. The minimum absolute atomic E-state index is 0.282. The number of hydrogen-bond acceptors (Lipinski definition) is 3. The summed E-state index contributed by atoms with van der Waals surface area (Å²) in [7, 11) is 1.47. The van der Waals surface area contributed by atoms with Gasteiger partial charge < -0.3 is 15.6 Å². The number of methoxy groups -OCH3 is 1. The van der Waals surface area contributed by atoms with E-state index >= 15 is 0 Å². The van der Waals surface area contributed by atoms with Gasteiger partial charge in [0.1, 0.15) is 11.6 Å². The van der Waals surface area contributed by atoms with Crippen LogP contribution in [-0.4, -0.2) is 18.3 Å². The number of halogens is 1. The van der Waals surface area contributed by atoms with Crippen LogP contribution < -0.4 is 10.5 Å². The molecule has 0 spiro atoms. The predicted octanol–water partition coefficient (Wildman–Crippen LogP) is 1.60. The fourth-order valence-corrected chi connectivity index (χ4v) is 1.88. The van der Waals surface area contributed by atoms with Crippen LogP contribution in [0.4, 0.5) is 4.39 Å². The molecule has 1 aromatic carbocycles. The molecule has 0 heterocycles. The predicted molar refractivity (Wildman–Crippen MR) is 58.6 cm³/mol. The molecule has 0 radical (unpaired) electrons. The summed E-state index contributed by atoms with van der Waals surface area (Å²) in [5.74, 6) is 0.311. The quantitative estimate of drug-likeness (QED) is 0.818. The fourth-order valence-electron chi connectivity index (χ4n) is 1.88. The second-order valence-electron chi connectivity index (χ2n) is 4.24. The van der Waals surface area contributed by atoms with Crippen molar-refractivity contribution in [1.82, 2.24) is 0 Å². The Morgan fingerprint density at radius 3 is 2.75 bits per heavy atom. The van der Waals surface area contributed by atoms with E-state index in [1.165, 1.54) is 19.2 Å². The van der Waals surface area contributed by atoms with Crippen molar-refractivity contribution in [3.05, 3.63) is 29.6 Å². The molecule has 1 aliphatic carbocycles. The van der Waals surface area contributed by atoms with Gasteiger partial charge in [-0.15, -0.1) is 0 Å². The third kappa shape index (κ3) is 2.18. The SMILES string of the molecule is COc1cc(F)ccc1[C@@H](N)[C@@H](O)C1CC1. The summed E-state index contributed by atoms with van der Waals surface area (Å²) < 4.78 is 18.1. The normalized spacial score (nSPS) is 19.2. The number of rotatable bonds is 4. The highest BCUT2D eigenvalue weighted by molar-refractivity contribution is 5.37. The summed E-state index contributed by atoms with van der Waals surface area (Å²) >= 11 is 0. The molecule has 2 rings (SSSR count). The molecule has 0 aliphatic heterocycles. The van der Waals surface area contributed by atoms with Gasteiger partial charge in [-0.2, -0.15) is 0 Å². The van der Waals surface area contributed by atoms with Gasteiger partial charge in [-0.3, -0.25) is 0 Å². The van der Waals surface area contributed by atoms with Crippen molar-refractivity contribution in [1.29, 1.82) is 0 Å². The van der Waals surface area contributed by atoms with Gasteiger partial charge in [0.05, 0.1) is 19.3 Å². The first-order valence-electron chi connectivity index (χ1n) is 5.40. The van der Waals surface area contributed by atoms with Gasteiger partial charge >= 0.3 is 0 Å². The van der Waals surface area contributed by atoms with Gasteiger partial charge in [-0.1, -0.05) is 6.07 Å². The molecule has 1 aromatic rings. The van der Waals surface area contributed by atoms with E-state index in [9.17, 15) is 9.50 Å². The van der Waals surface area contributed by atoms with E-state index in [0.29, 0.717) is 11.3 Å². The zero-order chi connectivity index (χ0) is 11.7. The average Bonchev–Trinajstić information content (AvgIpc) is 3.10. The molecule has 16 heavy (non-hydrogen) atoms. The minimum Gasteiger partial charge on any atom is -0.496 e. The van der Waals surface area contributed by atoms with Crippen LogP contribution >= 0.6 is 0 Å². The highest BCUT2D eigenvalue weighted by Gasteiger charge is 2.35. The summed E-state index contributed by atoms with van der Waals surface area (Å²) in [6.45, 7) is 0. The molecule has 0 amide bonds. The van der Waals surface area contributed by atoms with Crippen molar-refractivity contribution < 1.29 is 14.2 Å². The first-order valence-corrected chi connectivity index (χ1v) is 5.40. The number of hydrogen-bond donors (Lipinski definition) is 2. The van der Waals surface area contributed by atoms with E-state index in [4.69, 9.17) is 10.5 Å².